The number of carbonyl (C=O) groups excluding carboxylic acids is 4. The van der Waals surface area contributed by atoms with Crippen molar-refractivity contribution < 1.29 is 23.9 Å². The highest BCUT2D eigenvalue weighted by Gasteiger charge is 2.69. The molecule has 5 heterocycles. The van der Waals surface area contributed by atoms with Gasteiger partial charge in [0.25, 0.3) is 5.91 Å². The summed E-state index contributed by atoms with van der Waals surface area (Å²) < 4.78 is 6.97. The first-order valence-electron chi connectivity index (χ1n) is 14.0. The zero-order chi connectivity index (χ0) is 27.5. The first-order chi connectivity index (χ1) is 19.3. The number of likely N-dealkylation sites (tertiary alicyclic amines) is 1. The van der Waals surface area contributed by atoms with Crippen LogP contribution in [0.1, 0.15) is 37.3 Å². The Balaban J connectivity index is 1.30. The minimum absolute atomic E-state index is 0.0867. The maximum atomic E-state index is 14.2. The van der Waals surface area contributed by atoms with Gasteiger partial charge in [-0.1, -0.05) is 60.2 Å². The molecule has 2 saturated heterocycles. The van der Waals surface area contributed by atoms with Crippen molar-refractivity contribution in [2.45, 2.75) is 50.6 Å². The molecule has 2 aromatic carbocycles. The topological polar surface area (TPSA) is 87.2 Å². The molecular weight excluding hydrogens is 506 g/mol. The molecule has 0 radical (unpaired) electrons. The Morgan fingerprint density at radius 1 is 0.900 bits per heavy atom. The minimum Gasteiger partial charge on any atom is -0.341 e. The van der Waals surface area contributed by atoms with Crippen molar-refractivity contribution in [2.75, 3.05) is 11.9 Å². The second-order valence-corrected chi connectivity index (χ2v) is 11.8. The number of amides is 3. The van der Waals surface area contributed by atoms with E-state index in [9.17, 15) is 19.2 Å². The van der Waals surface area contributed by atoms with Gasteiger partial charge in [-0.15, -0.1) is 0 Å². The second-order valence-electron chi connectivity index (χ2n) is 11.8. The van der Waals surface area contributed by atoms with E-state index in [2.05, 4.69) is 11.0 Å². The number of piperidine rings is 1. The molecule has 6 atom stereocenters. The fraction of sp³-hybridized carbons (Fsp3) is 0.375. The zero-order valence-corrected chi connectivity index (χ0v) is 22.4. The number of hydrogen-bond acceptors (Lipinski definition) is 6. The number of fused-ring (bicyclic) bond motifs is 3. The van der Waals surface area contributed by atoms with Gasteiger partial charge in [0.1, 0.15) is 6.23 Å². The smallest absolute Gasteiger partial charge is 0.268 e. The Bertz CT molecular complexity index is 1590. The van der Waals surface area contributed by atoms with Crippen molar-refractivity contribution in [3.8, 4) is 0 Å². The van der Waals surface area contributed by atoms with Gasteiger partial charge < -0.3 is 14.5 Å². The summed E-state index contributed by atoms with van der Waals surface area (Å²) in [6.45, 7) is 2.22. The molecule has 5 aliphatic heterocycles. The molecule has 1 spiro atoms. The minimum atomic E-state index is -1.55. The largest absolute Gasteiger partial charge is 0.341 e. The van der Waals surface area contributed by atoms with Crippen LogP contribution in [0.3, 0.4) is 0 Å². The summed E-state index contributed by atoms with van der Waals surface area (Å²) in [4.78, 5) is 60.8. The molecule has 2 aliphatic carbocycles. The van der Waals surface area contributed by atoms with Gasteiger partial charge in [-0.2, -0.15) is 0 Å². The lowest BCUT2D eigenvalue weighted by atomic mass is 9.64. The third-order valence-electron chi connectivity index (χ3n) is 9.89. The normalized spacial score (nSPS) is 33.9. The molecule has 9 rings (SSSR count). The maximum absolute atomic E-state index is 14.2. The third-order valence-corrected chi connectivity index (χ3v) is 9.89. The summed E-state index contributed by atoms with van der Waals surface area (Å²) in [5.74, 6) is -2.28. The first kappa shape index (κ1) is 23.8. The number of benzene rings is 2. The van der Waals surface area contributed by atoms with Crippen molar-refractivity contribution in [3.63, 3.8) is 0 Å². The van der Waals surface area contributed by atoms with E-state index in [1.165, 1.54) is 4.90 Å². The van der Waals surface area contributed by atoms with Crippen LogP contribution in [-0.2, 0) is 36.1 Å². The molecule has 2 fully saturated rings. The molecule has 0 N–H and O–H groups in total. The summed E-state index contributed by atoms with van der Waals surface area (Å²) in [6.07, 6.45) is 3.08. The second kappa shape index (κ2) is 8.01. The van der Waals surface area contributed by atoms with Crippen LogP contribution in [0.2, 0.25) is 0 Å². The number of ether oxygens (including phenoxy) is 1. The lowest BCUT2D eigenvalue weighted by Gasteiger charge is -2.60. The van der Waals surface area contributed by atoms with Crippen molar-refractivity contribution >= 4 is 29.2 Å². The van der Waals surface area contributed by atoms with Crippen molar-refractivity contribution in [3.05, 3.63) is 88.6 Å². The van der Waals surface area contributed by atoms with Gasteiger partial charge in [-0.05, 0) is 31.4 Å². The van der Waals surface area contributed by atoms with E-state index in [0.29, 0.717) is 30.4 Å². The molecule has 0 saturated carbocycles. The molecule has 8 heteroatoms. The molecule has 0 unspecified atom stereocenters. The lowest BCUT2D eigenvalue weighted by molar-refractivity contribution is -0.213. The van der Waals surface area contributed by atoms with E-state index in [0.717, 1.165) is 22.5 Å². The highest BCUT2D eigenvalue weighted by Crippen LogP contribution is 2.60. The van der Waals surface area contributed by atoms with Gasteiger partial charge in [0, 0.05) is 30.6 Å². The number of anilines is 1. The van der Waals surface area contributed by atoms with Crippen molar-refractivity contribution in [1.29, 1.82) is 0 Å². The van der Waals surface area contributed by atoms with Crippen LogP contribution in [0.25, 0.3) is 0 Å². The van der Waals surface area contributed by atoms with Gasteiger partial charge in [0.2, 0.25) is 17.4 Å². The fourth-order valence-electron chi connectivity index (χ4n) is 8.27. The number of rotatable bonds is 2. The standard InChI is InChI=1S/C32H29N3O5/c1-17-15-22-25-26(29(38)34(28(25)37)16-18-9-4-3-5-10-18)24(17)30-35(22)21-13-8-14-23(36)27(21)32(40-30)19-11-6-7-12-20(19)33(2)31(32)39/h3-7,9-12,15,22,24-26,30H,8,13-14,16H2,1-2H3/t22-,24+,25+,26-,30-,32+/m0/s1. The SMILES string of the molecule is CC1=C[C@H]2[C@H]3C(=O)N(Cc4ccccc4)C(=O)[C@H]3[C@@H]1[C@@H]1O[C@@]3(C(=O)N(C)c4ccccc43)C3=C(CCCC3=O)N21. The number of nitrogens with zero attached hydrogens (tertiary/aromatic N) is 3. The van der Waals surface area contributed by atoms with Gasteiger partial charge in [-0.3, -0.25) is 24.1 Å². The number of ketones is 1. The number of para-hydroxylation sites is 1. The van der Waals surface area contributed by atoms with Gasteiger partial charge in [-0.25, -0.2) is 0 Å². The molecule has 3 amide bonds. The Kier molecular flexibility index (Phi) is 4.77. The average molecular weight is 536 g/mol. The number of Topliss-reactive ketones (excluding diaryl/α,β-unsaturated/α-hetero) is 1. The molecule has 8 nitrogen and oxygen atoms in total. The maximum Gasteiger partial charge on any atom is 0.268 e. The van der Waals surface area contributed by atoms with Crippen LogP contribution in [0.5, 0.6) is 0 Å². The Hall–Kier alpha value is -4.04. The van der Waals surface area contributed by atoms with Gasteiger partial charge in [0.15, 0.2) is 5.78 Å². The number of imide groups is 1. The van der Waals surface area contributed by atoms with Crippen LogP contribution in [0, 0.1) is 17.8 Å². The highest BCUT2D eigenvalue weighted by molar-refractivity contribution is 6.16. The molecule has 0 aromatic heterocycles. The monoisotopic (exact) mass is 535 g/mol. The van der Waals surface area contributed by atoms with Crippen LogP contribution >= 0.6 is 0 Å². The quantitative estimate of drug-likeness (QED) is 0.433. The molecule has 2 bridgehead atoms. The van der Waals surface area contributed by atoms with Gasteiger partial charge >= 0.3 is 0 Å². The lowest BCUT2D eigenvalue weighted by Crippen LogP contribution is -2.68. The van der Waals surface area contributed by atoms with E-state index >= 15 is 0 Å². The number of allylic oxidation sites excluding steroid dienone is 1. The molecular formula is C32H29N3O5. The predicted molar refractivity (Wildman–Crippen MR) is 144 cm³/mol. The highest BCUT2D eigenvalue weighted by atomic mass is 16.5. The van der Waals surface area contributed by atoms with Crippen molar-refractivity contribution in [1.82, 2.24) is 9.80 Å². The Morgan fingerprint density at radius 3 is 2.42 bits per heavy atom. The zero-order valence-electron chi connectivity index (χ0n) is 22.4. The van der Waals surface area contributed by atoms with E-state index in [1.807, 2.05) is 61.5 Å². The van der Waals surface area contributed by atoms with Gasteiger partial charge in [0.05, 0.1) is 35.7 Å². The first-order valence-corrected chi connectivity index (χ1v) is 14.0. The number of likely N-dealkylation sites (N-methyl/N-ethyl adjacent to an activating group) is 1. The number of carbonyl (C=O) groups is 4. The predicted octanol–water partition coefficient (Wildman–Crippen LogP) is 3.28. The summed E-state index contributed by atoms with van der Waals surface area (Å²) in [5.41, 5.74) is 2.93. The van der Waals surface area contributed by atoms with E-state index < -0.39 is 35.6 Å². The average Bonchev–Trinajstić information content (AvgIpc) is 3.33. The molecule has 40 heavy (non-hydrogen) atoms. The van der Waals surface area contributed by atoms with Crippen LogP contribution in [0.4, 0.5) is 5.69 Å². The van der Waals surface area contributed by atoms with Crippen molar-refractivity contribution in [2.24, 2.45) is 17.8 Å². The molecule has 7 aliphatic rings. The Morgan fingerprint density at radius 2 is 1.62 bits per heavy atom. The van der Waals surface area contributed by atoms with E-state index in [4.69, 9.17) is 4.74 Å². The fourth-order valence-corrected chi connectivity index (χ4v) is 8.27. The van der Waals surface area contributed by atoms with E-state index in [-0.39, 0.29) is 30.0 Å². The molecule has 2 aromatic rings. The third kappa shape index (κ3) is 2.74. The summed E-state index contributed by atoms with van der Waals surface area (Å²) in [6, 6.07) is 16.6. The van der Waals surface area contributed by atoms with E-state index in [1.54, 1.807) is 11.9 Å². The Labute approximate surface area is 231 Å². The van der Waals surface area contributed by atoms with Crippen LogP contribution in [0.15, 0.2) is 77.5 Å². The number of hydrogen-bond donors (Lipinski definition) is 0. The summed E-state index contributed by atoms with van der Waals surface area (Å²) in [5, 5.41) is 0. The summed E-state index contributed by atoms with van der Waals surface area (Å²) in [7, 11) is 1.72. The molecule has 202 valence electrons. The van der Waals surface area contributed by atoms with Crippen LogP contribution in [-0.4, -0.2) is 52.6 Å². The summed E-state index contributed by atoms with van der Waals surface area (Å²) >= 11 is 0. The van der Waals surface area contributed by atoms with Crippen LogP contribution < -0.4 is 4.90 Å².